The molecule has 4 aromatic carbocycles. The molecule has 0 unspecified atom stereocenters. The zero-order chi connectivity index (χ0) is 35.8. The molecule has 10 heteroatoms. The van der Waals surface area contributed by atoms with E-state index < -0.39 is 35.5 Å². The van der Waals surface area contributed by atoms with Gasteiger partial charge in [0.1, 0.15) is 11.1 Å². The van der Waals surface area contributed by atoms with Crippen molar-refractivity contribution in [1.82, 2.24) is 9.13 Å². The first-order valence-electron chi connectivity index (χ1n) is 17.6. The van der Waals surface area contributed by atoms with Gasteiger partial charge < -0.3 is 28.1 Å². The highest BCUT2D eigenvalue weighted by Crippen LogP contribution is 2.45. The fraction of sp³-hybridized carbons (Fsp3) is 0.238. The van der Waals surface area contributed by atoms with Gasteiger partial charge in [-0.1, -0.05) is 48.5 Å². The van der Waals surface area contributed by atoms with Crippen LogP contribution >= 0.6 is 0 Å². The Morgan fingerprint density at radius 2 is 0.846 bits per heavy atom. The molecule has 3 aliphatic rings. The average Bonchev–Trinajstić information content (AvgIpc) is 3.64. The summed E-state index contributed by atoms with van der Waals surface area (Å²) in [6.45, 7) is 5.77. The standard InChI is InChI=1S/C42H34N2O8/c1-3-43-33-11-7-5-9-27(33)29-21-25(13-15-35(29)43)23-31-37(45)49-41(50-38(31)46)17-19-42(20-18-41)51-39(47)32(40(48)52-42)24-26-14-16-36-30(22-26)28-10-6-8-12-34(28)44(36)4-2/h5-16,21-24H,3-4,17-20H2,1-2H3. The Bertz CT molecular complexity index is 2370. The summed E-state index contributed by atoms with van der Waals surface area (Å²) in [4.78, 5) is 53.2. The van der Waals surface area contributed by atoms with Crippen molar-refractivity contribution in [3.63, 3.8) is 0 Å². The number of carbonyl (C=O) groups excluding carboxylic acids is 4. The van der Waals surface area contributed by atoms with Crippen molar-refractivity contribution in [2.75, 3.05) is 0 Å². The summed E-state index contributed by atoms with van der Waals surface area (Å²) >= 11 is 0. The smallest absolute Gasteiger partial charge is 0.348 e. The number of carbonyl (C=O) groups is 4. The molecule has 0 amide bonds. The molecule has 260 valence electrons. The minimum absolute atomic E-state index is 0.0159. The van der Waals surface area contributed by atoms with E-state index in [4.69, 9.17) is 18.9 Å². The first-order chi connectivity index (χ1) is 25.2. The first-order valence-corrected chi connectivity index (χ1v) is 17.6. The number of ether oxygens (including phenoxy) is 4. The third kappa shape index (κ3) is 4.92. The molecule has 4 heterocycles. The van der Waals surface area contributed by atoms with Crippen LogP contribution in [0.15, 0.2) is 96.1 Å². The van der Waals surface area contributed by atoms with E-state index in [1.807, 2.05) is 60.7 Å². The molecule has 0 radical (unpaired) electrons. The molecule has 1 saturated carbocycles. The van der Waals surface area contributed by atoms with Crippen LogP contribution in [0.3, 0.4) is 0 Å². The summed E-state index contributed by atoms with van der Waals surface area (Å²) in [5.74, 6) is -6.32. The summed E-state index contributed by atoms with van der Waals surface area (Å²) in [6.07, 6.45) is 2.90. The molecule has 0 bridgehead atoms. The molecular formula is C42H34N2O8. The van der Waals surface area contributed by atoms with Crippen LogP contribution in [-0.2, 0) is 51.2 Å². The maximum atomic E-state index is 13.3. The number of rotatable bonds is 4. The van der Waals surface area contributed by atoms with E-state index >= 15 is 0 Å². The van der Waals surface area contributed by atoms with Gasteiger partial charge in [0, 0.05) is 82.4 Å². The van der Waals surface area contributed by atoms with Gasteiger partial charge in [-0.2, -0.15) is 0 Å². The minimum Gasteiger partial charge on any atom is -0.419 e. The second kappa shape index (κ2) is 11.7. The highest BCUT2D eigenvalue weighted by Gasteiger charge is 2.56. The number of benzene rings is 4. The summed E-state index contributed by atoms with van der Waals surface area (Å²) < 4.78 is 27.5. The van der Waals surface area contributed by atoms with Crippen LogP contribution < -0.4 is 0 Å². The lowest BCUT2D eigenvalue weighted by molar-refractivity contribution is -0.291. The van der Waals surface area contributed by atoms with Crippen molar-refractivity contribution in [2.45, 2.75) is 64.2 Å². The maximum absolute atomic E-state index is 13.3. The Balaban J connectivity index is 0.909. The highest BCUT2D eigenvalue weighted by atomic mass is 16.8. The third-order valence-electron chi connectivity index (χ3n) is 10.6. The van der Waals surface area contributed by atoms with E-state index in [2.05, 4.69) is 47.2 Å². The van der Waals surface area contributed by atoms with Gasteiger partial charge in [0.25, 0.3) is 11.6 Å². The zero-order valence-electron chi connectivity index (χ0n) is 28.6. The Morgan fingerprint density at radius 3 is 1.21 bits per heavy atom. The number of aryl methyl sites for hydroxylation is 2. The number of nitrogens with zero attached hydrogens (tertiary/aromatic N) is 2. The van der Waals surface area contributed by atoms with Crippen molar-refractivity contribution in [2.24, 2.45) is 0 Å². The van der Waals surface area contributed by atoms with Gasteiger partial charge in [0.2, 0.25) is 0 Å². The van der Waals surface area contributed by atoms with Gasteiger partial charge in [0.05, 0.1) is 0 Å². The fourth-order valence-electron chi connectivity index (χ4n) is 8.10. The Kier molecular flexibility index (Phi) is 7.15. The minimum atomic E-state index is -1.56. The third-order valence-corrected chi connectivity index (χ3v) is 10.6. The molecule has 52 heavy (non-hydrogen) atoms. The summed E-state index contributed by atoms with van der Waals surface area (Å²) in [7, 11) is 0. The number of esters is 4. The predicted octanol–water partition coefficient (Wildman–Crippen LogP) is 7.58. The van der Waals surface area contributed by atoms with Gasteiger partial charge in [-0.25, -0.2) is 19.2 Å². The van der Waals surface area contributed by atoms with Crippen molar-refractivity contribution in [1.29, 1.82) is 0 Å². The van der Waals surface area contributed by atoms with E-state index in [0.29, 0.717) is 11.1 Å². The van der Waals surface area contributed by atoms with Gasteiger partial charge >= 0.3 is 23.9 Å². The molecule has 10 nitrogen and oxygen atoms in total. The number of hydrogen-bond donors (Lipinski definition) is 0. The molecule has 6 aromatic rings. The SMILES string of the molecule is CCn1c2ccccc2c2cc(C=C3C(=O)OC4(CCC5(CC4)OC(=O)C(=Cc4ccc6c(c4)c4ccccc4n6CC)C(=O)O5)OC3=O)ccc21. The van der Waals surface area contributed by atoms with Crippen molar-refractivity contribution < 1.29 is 38.1 Å². The summed E-state index contributed by atoms with van der Waals surface area (Å²) in [5.41, 5.74) is 5.21. The second-order valence-electron chi connectivity index (χ2n) is 13.6. The summed E-state index contributed by atoms with van der Waals surface area (Å²) in [6, 6.07) is 27.8. The summed E-state index contributed by atoms with van der Waals surface area (Å²) in [5, 5.41) is 4.17. The van der Waals surface area contributed by atoms with Gasteiger partial charge in [-0.15, -0.1) is 0 Å². The van der Waals surface area contributed by atoms with E-state index in [1.165, 1.54) is 12.2 Å². The van der Waals surface area contributed by atoms with E-state index in [9.17, 15) is 19.2 Å². The van der Waals surface area contributed by atoms with E-state index in [-0.39, 0.29) is 36.8 Å². The van der Waals surface area contributed by atoms with Crippen LogP contribution in [0.25, 0.3) is 55.8 Å². The molecule has 1 aliphatic carbocycles. The average molecular weight is 695 g/mol. The zero-order valence-corrected chi connectivity index (χ0v) is 28.6. The number of para-hydroxylation sites is 2. The molecular weight excluding hydrogens is 660 g/mol. The monoisotopic (exact) mass is 694 g/mol. The Morgan fingerprint density at radius 1 is 0.500 bits per heavy atom. The Labute approximate surface area is 297 Å². The van der Waals surface area contributed by atoms with E-state index in [0.717, 1.165) is 56.7 Å². The molecule has 0 N–H and O–H groups in total. The van der Waals surface area contributed by atoms with Crippen molar-refractivity contribution >= 4 is 79.6 Å². The van der Waals surface area contributed by atoms with E-state index in [1.54, 1.807) is 0 Å². The molecule has 2 aromatic heterocycles. The van der Waals surface area contributed by atoms with Crippen LogP contribution in [0.1, 0.15) is 50.7 Å². The number of hydrogen-bond acceptors (Lipinski definition) is 8. The lowest BCUT2D eigenvalue weighted by Gasteiger charge is -2.46. The fourth-order valence-corrected chi connectivity index (χ4v) is 8.10. The van der Waals surface area contributed by atoms with Crippen LogP contribution in [0.5, 0.6) is 0 Å². The van der Waals surface area contributed by atoms with Crippen LogP contribution in [0.4, 0.5) is 0 Å². The lowest BCUT2D eigenvalue weighted by atomic mass is 9.87. The Hall–Kier alpha value is -6.16. The lowest BCUT2D eigenvalue weighted by Crippen LogP contribution is -2.56. The van der Waals surface area contributed by atoms with Gasteiger partial charge in [-0.05, 0) is 73.5 Å². The van der Waals surface area contributed by atoms with Crippen LogP contribution in [0.2, 0.25) is 0 Å². The van der Waals surface area contributed by atoms with Crippen molar-refractivity contribution in [3.05, 3.63) is 107 Å². The largest absolute Gasteiger partial charge is 0.419 e. The normalized spacial score (nSPS) is 22.0. The number of fused-ring (bicyclic) bond motifs is 6. The van der Waals surface area contributed by atoms with Crippen molar-refractivity contribution in [3.8, 4) is 0 Å². The first kappa shape index (κ1) is 31.8. The molecule has 2 aliphatic heterocycles. The maximum Gasteiger partial charge on any atom is 0.348 e. The van der Waals surface area contributed by atoms with Gasteiger partial charge in [-0.3, -0.25) is 0 Å². The quantitative estimate of drug-likeness (QED) is 0.105. The second-order valence-corrected chi connectivity index (χ2v) is 13.6. The molecule has 9 rings (SSSR count). The predicted molar refractivity (Wildman–Crippen MR) is 194 cm³/mol. The molecule has 0 atom stereocenters. The molecule has 2 spiro atoms. The topological polar surface area (TPSA) is 115 Å². The van der Waals surface area contributed by atoms with Gasteiger partial charge in [0.15, 0.2) is 0 Å². The van der Waals surface area contributed by atoms with Crippen LogP contribution in [0, 0.1) is 0 Å². The van der Waals surface area contributed by atoms with Crippen LogP contribution in [-0.4, -0.2) is 44.6 Å². The highest BCUT2D eigenvalue weighted by molar-refractivity contribution is 6.20. The number of aromatic nitrogens is 2. The molecule has 2 saturated heterocycles. The molecule has 3 fully saturated rings.